The second kappa shape index (κ2) is 7.38. The van der Waals surface area contributed by atoms with Gasteiger partial charge in [-0.3, -0.25) is 14.4 Å². The van der Waals surface area contributed by atoms with Crippen LogP contribution in [-0.2, 0) is 14.4 Å². The number of rotatable bonds is 6. The largest absolute Gasteiger partial charge is 0.481 e. The number of carbonyl (C=O) groups is 3. The second-order valence-electron chi connectivity index (χ2n) is 9.49. The number of Topliss-reactive ketones (excluding diaryl/α,β-unsaturated/α-hetero) is 2. The SMILES string of the molecule is C[C@H](O)[C@@H]1C(=O)CC2=C(CC[C@]3(C)[C@@H](C(=O)CO)CC[C@@H]23)[C@@]1(C)CCC(=O)O. The second-order valence-corrected chi connectivity index (χ2v) is 9.49. The van der Waals surface area contributed by atoms with Crippen molar-refractivity contribution < 1.29 is 29.7 Å². The number of aliphatic hydroxyl groups excluding tert-OH is 2. The van der Waals surface area contributed by atoms with E-state index in [1.165, 1.54) is 0 Å². The molecule has 0 heterocycles. The van der Waals surface area contributed by atoms with Crippen LogP contribution in [0.4, 0.5) is 0 Å². The first-order valence-electron chi connectivity index (χ1n) is 10.3. The average molecular weight is 392 g/mol. The molecule has 3 aliphatic rings. The van der Waals surface area contributed by atoms with Gasteiger partial charge in [0.25, 0.3) is 0 Å². The van der Waals surface area contributed by atoms with Gasteiger partial charge in [-0.05, 0) is 50.4 Å². The van der Waals surface area contributed by atoms with Crippen molar-refractivity contribution in [3.63, 3.8) is 0 Å². The van der Waals surface area contributed by atoms with Crippen molar-refractivity contribution >= 4 is 17.5 Å². The summed E-state index contributed by atoms with van der Waals surface area (Å²) in [6, 6.07) is 0. The molecule has 0 unspecified atom stereocenters. The van der Waals surface area contributed by atoms with E-state index in [4.69, 9.17) is 0 Å². The fourth-order valence-corrected chi connectivity index (χ4v) is 6.76. The lowest BCUT2D eigenvalue weighted by molar-refractivity contribution is -0.140. The minimum absolute atomic E-state index is 0.0252. The van der Waals surface area contributed by atoms with E-state index in [0.29, 0.717) is 12.8 Å². The van der Waals surface area contributed by atoms with Crippen molar-refractivity contribution in [2.45, 2.75) is 71.8 Å². The van der Waals surface area contributed by atoms with Crippen LogP contribution in [0.2, 0.25) is 0 Å². The first-order chi connectivity index (χ1) is 13.1. The fourth-order valence-electron chi connectivity index (χ4n) is 6.76. The highest BCUT2D eigenvalue weighted by molar-refractivity contribution is 5.88. The number of allylic oxidation sites excluding steroid dienone is 2. The van der Waals surface area contributed by atoms with Gasteiger partial charge in [0, 0.05) is 24.2 Å². The van der Waals surface area contributed by atoms with Crippen molar-refractivity contribution in [1.82, 2.24) is 0 Å². The molecule has 0 aliphatic heterocycles. The third-order valence-corrected chi connectivity index (χ3v) is 8.03. The maximum atomic E-state index is 13.1. The maximum Gasteiger partial charge on any atom is 0.303 e. The molecular weight excluding hydrogens is 360 g/mol. The summed E-state index contributed by atoms with van der Waals surface area (Å²) in [7, 11) is 0. The molecular formula is C22H32O6. The Kier molecular flexibility index (Phi) is 5.58. The van der Waals surface area contributed by atoms with Crippen molar-refractivity contribution in [2.24, 2.45) is 28.6 Å². The van der Waals surface area contributed by atoms with Gasteiger partial charge in [0.2, 0.25) is 0 Å². The molecule has 0 bridgehead atoms. The van der Waals surface area contributed by atoms with Crippen molar-refractivity contribution in [1.29, 1.82) is 0 Å². The molecule has 156 valence electrons. The van der Waals surface area contributed by atoms with Crippen molar-refractivity contribution in [2.75, 3.05) is 6.61 Å². The van der Waals surface area contributed by atoms with Crippen molar-refractivity contribution in [3.8, 4) is 0 Å². The molecule has 0 amide bonds. The lowest BCUT2D eigenvalue weighted by atomic mass is 9.52. The van der Waals surface area contributed by atoms with E-state index in [9.17, 15) is 29.7 Å². The third-order valence-electron chi connectivity index (χ3n) is 8.03. The molecule has 1 fully saturated rings. The number of aliphatic hydroxyl groups is 2. The number of aliphatic carboxylic acids is 1. The Balaban J connectivity index is 2.05. The Morgan fingerprint density at radius 2 is 1.93 bits per heavy atom. The zero-order chi connectivity index (χ0) is 20.9. The number of carboxylic acid groups (broad SMARTS) is 1. The fraction of sp³-hybridized carbons (Fsp3) is 0.773. The van der Waals surface area contributed by atoms with Crippen LogP contribution >= 0.6 is 0 Å². The quantitative estimate of drug-likeness (QED) is 0.599. The lowest BCUT2D eigenvalue weighted by Crippen LogP contribution is -2.49. The van der Waals surface area contributed by atoms with Crippen LogP contribution in [0.15, 0.2) is 11.1 Å². The Bertz CT molecular complexity index is 723. The summed E-state index contributed by atoms with van der Waals surface area (Å²) in [4.78, 5) is 36.6. The highest BCUT2D eigenvalue weighted by Gasteiger charge is 2.57. The zero-order valence-electron chi connectivity index (χ0n) is 17.0. The van der Waals surface area contributed by atoms with Gasteiger partial charge in [-0.1, -0.05) is 25.0 Å². The van der Waals surface area contributed by atoms with E-state index in [1.54, 1.807) is 6.92 Å². The van der Waals surface area contributed by atoms with Crippen LogP contribution < -0.4 is 0 Å². The highest BCUT2D eigenvalue weighted by atomic mass is 16.4. The van der Waals surface area contributed by atoms with Crippen LogP contribution in [0.25, 0.3) is 0 Å². The van der Waals surface area contributed by atoms with E-state index >= 15 is 0 Å². The molecule has 3 rings (SSSR count). The Morgan fingerprint density at radius 3 is 2.50 bits per heavy atom. The number of carbonyl (C=O) groups excluding carboxylic acids is 2. The Hall–Kier alpha value is -1.53. The smallest absolute Gasteiger partial charge is 0.303 e. The van der Waals surface area contributed by atoms with Gasteiger partial charge in [-0.15, -0.1) is 0 Å². The van der Waals surface area contributed by atoms with Gasteiger partial charge in [0.1, 0.15) is 12.4 Å². The topological polar surface area (TPSA) is 112 Å². The normalized spacial score (nSPS) is 38.8. The van der Waals surface area contributed by atoms with Gasteiger partial charge in [-0.2, -0.15) is 0 Å². The first kappa shape index (κ1) is 21.2. The van der Waals surface area contributed by atoms with Gasteiger partial charge >= 0.3 is 5.97 Å². The molecule has 6 heteroatoms. The summed E-state index contributed by atoms with van der Waals surface area (Å²) < 4.78 is 0. The van der Waals surface area contributed by atoms with Gasteiger partial charge < -0.3 is 15.3 Å². The van der Waals surface area contributed by atoms with Crippen LogP contribution in [0.3, 0.4) is 0 Å². The number of ketones is 2. The molecule has 0 radical (unpaired) electrons. The Labute approximate surface area is 166 Å². The van der Waals surface area contributed by atoms with Gasteiger partial charge in [0.15, 0.2) is 5.78 Å². The number of carboxylic acids is 1. The predicted molar refractivity (Wildman–Crippen MR) is 102 cm³/mol. The summed E-state index contributed by atoms with van der Waals surface area (Å²) >= 11 is 0. The molecule has 0 aromatic carbocycles. The van der Waals surface area contributed by atoms with E-state index in [1.807, 2.05) is 6.92 Å². The Morgan fingerprint density at radius 1 is 1.25 bits per heavy atom. The standard InChI is InChI=1S/C22H32O6/c1-12(24)20-17(25)10-13-14-4-5-16(18(26)11-23)21(14,2)8-6-15(13)22(20,3)9-7-19(27)28/h12,14,16,20,23-24H,4-11H2,1-3H3,(H,27,28)/t12-,14-,16+,20+,21-,22+/m0/s1. The molecule has 0 spiro atoms. The van der Waals surface area contributed by atoms with Crippen LogP contribution in [0.5, 0.6) is 0 Å². The van der Waals surface area contributed by atoms with Crippen LogP contribution in [0, 0.1) is 28.6 Å². The van der Waals surface area contributed by atoms with E-state index in [-0.39, 0.29) is 41.7 Å². The first-order valence-corrected chi connectivity index (χ1v) is 10.3. The molecule has 6 atom stereocenters. The molecule has 6 nitrogen and oxygen atoms in total. The number of hydrogen-bond acceptors (Lipinski definition) is 5. The highest BCUT2D eigenvalue weighted by Crippen LogP contribution is 2.63. The molecule has 0 aromatic rings. The number of fused-ring (bicyclic) bond motifs is 2. The summed E-state index contributed by atoms with van der Waals surface area (Å²) in [5.41, 5.74) is 1.29. The predicted octanol–water partition coefficient (Wildman–Crippen LogP) is 2.51. The number of hydrogen-bond donors (Lipinski definition) is 3. The zero-order valence-corrected chi connectivity index (χ0v) is 17.0. The van der Waals surface area contributed by atoms with E-state index in [0.717, 1.165) is 30.4 Å². The van der Waals surface area contributed by atoms with Crippen LogP contribution in [0.1, 0.15) is 65.7 Å². The third kappa shape index (κ3) is 3.14. The molecule has 1 saturated carbocycles. The van der Waals surface area contributed by atoms with Crippen molar-refractivity contribution in [3.05, 3.63) is 11.1 Å². The molecule has 28 heavy (non-hydrogen) atoms. The van der Waals surface area contributed by atoms with Gasteiger partial charge in [0.05, 0.1) is 12.0 Å². The molecule has 0 saturated heterocycles. The molecule has 0 aromatic heterocycles. The van der Waals surface area contributed by atoms with Gasteiger partial charge in [-0.25, -0.2) is 0 Å². The molecule has 3 N–H and O–H groups in total. The summed E-state index contributed by atoms with van der Waals surface area (Å²) in [5.74, 6) is -1.71. The summed E-state index contributed by atoms with van der Waals surface area (Å²) in [6.07, 6.45) is 2.77. The minimum Gasteiger partial charge on any atom is -0.481 e. The van der Waals surface area contributed by atoms with Crippen LogP contribution in [-0.4, -0.2) is 45.6 Å². The lowest BCUT2D eigenvalue weighted by Gasteiger charge is -2.52. The van der Waals surface area contributed by atoms with E-state index < -0.39 is 30.0 Å². The monoisotopic (exact) mass is 392 g/mol. The summed E-state index contributed by atoms with van der Waals surface area (Å²) in [6.45, 7) is 5.21. The minimum atomic E-state index is -0.902. The maximum absolute atomic E-state index is 13.1. The average Bonchev–Trinajstić information content (AvgIpc) is 2.96. The van der Waals surface area contributed by atoms with E-state index in [2.05, 4.69) is 6.92 Å². The molecule has 3 aliphatic carbocycles. The summed E-state index contributed by atoms with van der Waals surface area (Å²) in [5, 5.41) is 29.0.